The fourth-order valence-corrected chi connectivity index (χ4v) is 3.50. The maximum absolute atomic E-state index is 12.6. The number of hydrogen-bond acceptors (Lipinski definition) is 7. The fourth-order valence-electron chi connectivity index (χ4n) is 2.64. The van der Waals surface area contributed by atoms with Crippen LogP contribution in [0, 0.1) is 10.1 Å². The molecule has 156 valence electrons. The molecule has 0 saturated heterocycles. The van der Waals surface area contributed by atoms with Gasteiger partial charge in [-0.1, -0.05) is 42.1 Å². The quantitative estimate of drug-likeness (QED) is 0.319. The van der Waals surface area contributed by atoms with Crippen molar-refractivity contribution in [2.45, 2.75) is 23.9 Å². The van der Waals surface area contributed by atoms with Gasteiger partial charge in [0, 0.05) is 6.07 Å². The molecule has 0 unspecified atom stereocenters. The van der Waals surface area contributed by atoms with Crippen molar-refractivity contribution >= 4 is 29.0 Å². The number of nitro benzene ring substituents is 1. The van der Waals surface area contributed by atoms with Crippen molar-refractivity contribution in [2.75, 3.05) is 12.4 Å². The number of amides is 1. The average molecular weight is 429 g/mol. The monoisotopic (exact) mass is 429 g/mol. The molecule has 0 bridgehead atoms. The first-order chi connectivity index (χ1) is 14.4. The molecule has 0 aliphatic heterocycles. The number of anilines is 1. The van der Waals surface area contributed by atoms with Gasteiger partial charge < -0.3 is 10.1 Å². The van der Waals surface area contributed by atoms with Crippen LogP contribution in [0.15, 0.2) is 58.5 Å². The molecule has 11 heteroatoms. The van der Waals surface area contributed by atoms with Crippen LogP contribution >= 0.6 is 11.8 Å². The van der Waals surface area contributed by atoms with Gasteiger partial charge in [-0.2, -0.15) is 0 Å². The van der Waals surface area contributed by atoms with Crippen molar-refractivity contribution < 1.29 is 14.5 Å². The largest absolute Gasteiger partial charge is 0.494 e. The van der Waals surface area contributed by atoms with Crippen LogP contribution in [-0.2, 0) is 11.3 Å². The van der Waals surface area contributed by atoms with E-state index in [0.29, 0.717) is 17.4 Å². The van der Waals surface area contributed by atoms with E-state index in [2.05, 4.69) is 15.5 Å². The molecule has 1 heterocycles. The minimum Gasteiger partial charge on any atom is -0.494 e. The van der Waals surface area contributed by atoms with E-state index in [1.54, 1.807) is 6.92 Å². The highest BCUT2D eigenvalue weighted by molar-refractivity contribution is 8.00. The van der Waals surface area contributed by atoms with Crippen LogP contribution in [0.25, 0.3) is 0 Å². The maximum Gasteiger partial charge on any atom is 0.344 e. The Kier molecular flexibility index (Phi) is 6.52. The first-order valence-electron chi connectivity index (χ1n) is 8.88. The Labute approximate surface area is 175 Å². The summed E-state index contributed by atoms with van der Waals surface area (Å²) in [6.07, 6.45) is 0. The predicted molar refractivity (Wildman–Crippen MR) is 112 cm³/mol. The second-order valence-electron chi connectivity index (χ2n) is 6.27. The number of aromatic nitrogens is 3. The number of carbonyl (C=O) groups excluding carboxylic acids is 1. The van der Waals surface area contributed by atoms with Crippen molar-refractivity contribution in [1.82, 2.24) is 14.8 Å². The zero-order valence-corrected chi connectivity index (χ0v) is 17.0. The van der Waals surface area contributed by atoms with Crippen LogP contribution in [-0.4, -0.2) is 38.0 Å². The number of thioether (sulfide) groups is 1. The van der Waals surface area contributed by atoms with Gasteiger partial charge in [-0.15, -0.1) is 5.10 Å². The molecule has 0 fully saturated rings. The highest BCUT2D eigenvalue weighted by atomic mass is 32.2. The third-order valence-electron chi connectivity index (χ3n) is 4.21. The summed E-state index contributed by atoms with van der Waals surface area (Å²) >= 11 is 1.12. The second kappa shape index (κ2) is 9.27. The van der Waals surface area contributed by atoms with Crippen molar-refractivity contribution in [3.63, 3.8) is 0 Å². The van der Waals surface area contributed by atoms with Gasteiger partial charge in [0.2, 0.25) is 5.91 Å². The van der Waals surface area contributed by atoms with Crippen LogP contribution in [0.2, 0.25) is 0 Å². The molecule has 10 nitrogen and oxygen atoms in total. The molecule has 3 rings (SSSR count). The summed E-state index contributed by atoms with van der Waals surface area (Å²) in [6.45, 7) is 1.99. The van der Waals surface area contributed by atoms with E-state index in [4.69, 9.17) is 4.74 Å². The minimum atomic E-state index is -0.602. The summed E-state index contributed by atoms with van der Waals surface area (Å²) in [5.41, 5.74) is 0.722. The Bertz CT molecular complexity index is 1110. The number of non-ortho nitro benzene ring substituents is 1. The lowest BCUT2D eigenvalue weighted by Crippen LogP contribution is -2.24. The van der Waals surface area contributed by atoms with Gasteiger partial charge in [0.15, 0.2) is 5.16 Å². The number of ether oxygens (including phenoxy) is 1. The van der Waals surface area contributed by atoms with E-state index >= 15 is 0 Å². The zero-order chi connectivity index (χ0) is 21.7. The minimum absolute atomic E-state index is 0.145. The van der Waals surface area contributed by atoms with Crippen molar-refractivity contribution in [3.05, 3.63) is 74.7 Å². The van der Waals surface area contributed by atoms with Crippen LogP contribution in [0.1, 0.15) is 12.5 Å². The third kappa shape index (κ3) is 4.87. The number of carbonyl (C=O) groups is 1. The Hall–Kier alpha value is -3.60. The molecule has 1 atom stereocenters. The molecular formula is C19H19N5O5S. The molecule has 3 aromatic rings. The molecule has 0 spiro atoms. The molecular weight excluding hydrogens is 410 g/mol. The van der Waals surface area contributed by atoms with Gasteiger partial charge in [-0.25, -0.2) is 9.89 Å². The molecule has 0 radical (unpaired) electrons. The predicted octanol–water partition coefficient (Wildman–Crippen LogP) is 2.66. The van der Waals surface area contributed by atoms with Gasteiger partial charge in [-0.3, -0.25) is 19.5 Å². The maximum atomic E-state index is 12.6. The Balaban J connectivity index is 1.73. The van der Waals surface area contributed by atoms with Crippen LogP contribution in [0.5, 0.6) is 5.75 Å². The molecule has 30 heavy (non-hydrogen) atoms. The van der Waals surface area contributed by atoms with E-state index in [1.807, 2.05) is 30.3 Å². The van der Waals surface area contributed by atoms with Crippen molar-refractivity contribution in [2.24, 2.45) is 0 Å². The number of rotatable bonds is 8. The summed E-state index contributed by atoms with van der Waals surface area (Å²) in [6, 6.07) is 13.3. The summed E-state index contributed by atoms with van der Waals surface area (Å²) in [5, 5.41) is 19.8. The molecule has 0 saturated carbocycles. The van der Waals surface area contributed by atoms with Gasteiger partial charge in [-0.05, 0) is 18.6 Å². The summed E-state index contributed by atoms with van der Waals surface area (Å²) < 4.78 is 6.59. The van der Waals surface area contributed by atoms with E-state index in [1.165, 1.54) is 29.9 Å². The van der Waals surface area contributed by atoms with Crippen LogP contribution in [0.4, 0.5) is 11.4 Å². The summed E-state index contributed by atoms with van der Waals surface area (Å²) in [7, 11) is 1.36. The Morgan fingerprint density at radius 3 is 2.73 bits per heavy atom. The second-order valence-corrected chi connectivity index (χ2v) is 7.58. The molecule has 1 aromatic heterocycles. The van der Waals surface area contributed by atoms with Gasteiger partial charge in [0.25, 0.3) is 5.69 Å². The number of aromatic amines is 1. The fraction of sp³-hybridized carbons (Fsp3) is 0.211. The summed E-state index contributed by atoms with van der Waals surface area (Å²) in [4.78, 5) is 35.1. The van der Waals surface area contributed by atoms with Crippen LogP contribution in [0.3, 0.4) is 0 Å². The lowest BCUT2D eigenvalue weighted by atomic mass is 10.2. The highest BCUT2D eigenvalue weighted by Gasteiger charge is 2.21. The molecule has 1 amide bonds. The lowest BCUT2D eigenvalue weighted by Gasteiger charge is -2.14. The van der Waals surface area contributed by atoms with Gasteiger partial charge >= 0.3 is 5.69 Å². The van der Waals surface area contributed by atoms with Crippen LogP contribution < -0.4 is 15.7 Å². The highest BCUT2D eigenvalue weighted by Crippen LogP contribution is 2.30. The number of nitrogens with one attached hydrogen (secondary N) is 2. The first kappa shape index (κ1) is 21.1. The number of nitrogens with zero attached hydrogens (tertiary/aromatic N) is 3. The van der Waals surface area contributed by atoms with E-state index in [9.17, 15) is 19.7 Å². The average Bonchev–Trinajstić information content (AvgIpc) is 3.08. The van der Waals surface area contributed by atoms with Gasteiger partial charge in [0.1, 0.15) is 5.75 Å². The number of methoxy groups -OCH3 is 1. The van der Waals surface area contributed by atoms with Crippen molar-refractivity contribution in [1.29, 1.82) is 0 Å². The smallest absolute Gasteiger partial charge is 0.344 e. The molecule has 2 N–H and O–H groups in total. The topological polar surface area (TPSA) is 132 Å². The zero-order valence-electron chi connectivity index (χ0n) is 16.2. The van der Waals surface area contributed by atoms with E-state index in [-0.39, 0.29) is 23.0 Å². The SMILES string of the molecule is COc1cc([N+](=O)[O-])ccc1NC(=O)[C@@H](C)Sc1n[nH]c(=O)n1Cc1ccccc1. The molecule has 0 aliphatic carbocycles. The normalized spacial score (nSPS) is 11.7. The van der Waals surface area contributed by atoms with E-state index < -0.39 is 10.2 Å². The standard InChI is InChI=1S/C19H19N5O5S/c1-12(17(25)20-15-9-8-14(24(27)28)10-16(15)29-2)30-19-22-21-18(26)23(19)11-13-6-4-3-5-7-13/h3-10,12H,11H2,1-2H3,(H,20,25)(H,21,26)/t12-/m1/s1. The molecule has 2 aromatic carbocycles. The van der Waals surface area contributed by atoms with Crippen molar-refractivity contribution in [3.8, 4) is 5.75 Å². The Morgan fingerprint density at radius 2 is 2.07 bits per heavy atom. The third-order valence-corrected chi connectivity index (χ3v) is 5.30. The lowest BCUT2D eigenvalue weighted by molar-refractivity contribution is -0.384. The summed E-state index contributed by atoms with van der Waals surface area (Å²) in [5.74, 6) is -0.190. The van der Waals surface area contributed by atoms with Gasteiger partial charge in [0.05, 0.1) is 35.6 Å². The number of hydrogen-bond donors (Lipinski definition) is 2. The number of H-pyrrole nitrogens is 1. The molecule has 0 aliphatic rings. The number of benzene rings is 2. The first-order valence-corrected chi connectivity index (χ1v) is 9.76. The van der Waals surface area contributed by atoms with E-state index in [0.717, 1.165) is 17.3 Å². The number of nitro groups is 1. The Morgan fingerprint density at radius 1 is 1.33 bits per heavy atom.